The molecule has 0 saturated heterocycles. The third kappa shape index (κ3) is 4.53. The van der Waals surface area contributed by atoms with Gasteiger partial charge < -0.3 is 14.5 Å². The highest BCUT2D eigenvalue weighted by atomic mass is 16.6. The molecule has 0 atom stereocenters. The lowest BCUT2D eigenvalue weighted by atomic mass is 10.2. The lowest BCUT2D eigenvalue weighted by molar-refractivity contribution is 0.0535. The van der Waals surface area contributed by atoms with Crippen molar-refractivity contribution in [2.45, 2.75) is 33.3 Å². The summed E-state index contributed by atoms with van der Waals surface area (Å²) in [6.07, 6.45) is -0.473. The average Bonchev–Trinajstić information content (AvgIpc) is 2.71. The van der Waals surface area contributed by atoms with Crippen LogP contribution in [0.5, 0.6) is 0 Å². The second kappa shape index (κ2) is 5.88. The number of benzene rings is 1. The molecule has 0 spiro atoms. The topological polar surface area (TPSA) is 64.4 Å². The number of ether oxygens (including phenoxy) is 1. The van der Waals surface area contributed by atoms with Crippen molar-refractivity contribution in [1.82, 2.24) is 10.3 Å². The number of nitrogens with one attached hydrogen (secondary N) is 1. The first-order valence-corrected chi connectivity index (χ1v) is 6.66. The van der Waals surface area contributed by atoms with Crippen LogP contribution in [0.2, 0.25) is 0 Å². The van der Waals surface area contributed by atoms with Crippen molar-refractivity contribution in [1.29, 1.82) is 0 Å². The van der Waals surface area contributed by atoms with Gasteiger partial charge >= 0.3 is 6.09 Å². The van der Waals surface area contributed by atoms with Gasteiger partial charge in [-0.15, -0.1) is 0 Å². The summed E-state index contributed by atoms with van der Waals surface area (Å²) in [5, 5.41) is 2.58. The molecule has 0 aliphatic carbocycles. The molecule has 21 heavy (non-hydrogen) atoms. The maximum absolute atomic E-state index is 11.4. The molecule has 0 bridgehead atoms. The summed E-state index contributed by atoms with van der Waals surface area (Å²) < 4.78 is 10.5. The van der Waals surface area contributed by atoms with Gasteiger partial charge in [0.15, 0.2) is 11.5 Å². The van der Waals surface area contributed by atoms with Gasteiger partial charge in [0, 0.05) is 12.5 Å². The smallest absolute Gasteiger partial charge is 0.408 e. The number of hydrogen-bond acceptors (Lipinski definition) is 4. The zero-order chi connectivity index (χ0) is 15.5. The zero-order valence-electron chi connectivity index (χ0n) is 12.6. The number of nitrogens with zero attached hydrogens (tertiary/aromatic N) is 1. The first-order valence-electron chi connectivity index (χ1n) is 6.66. The number of carbonyl (C=O) groups excluding carboxylic acids is 1. The van der Waals surface area contributed by atoms with E-state index in [9.17, 15) is 4.79 Å². The van der Waals surface area contributed by atoms with Crippen LogP contribution in [-0.2, 0) is 4.74 Å². The van der Waals surface area contributed by atoms with E-state index in [1.165, 1.54) is 0 Å². The van der Waals surface area contributed by atoms with Crippen LogP contribution in [0.3, 0.4) is 0 Å². The van der Waals surface area contributed by atoms with Gasteiger partial charge in [-0.3, -0.25) is 0 Å². The highest BCUT2D eigenvalue weighted by molar-refractivity contribution is 5.74. The van der Waals surface area contributed by atoms with Gasteiger partial charge in [-0.25, -0.2) is 9.78 Å². The van der Waals surface area contributed by atoms with Gasteiger partial charge in [0.2, 0.25) is 0 Å². The fraction of sp³-hybridized carbons (Fsp3) is 0.375. The Morgan fingerprint density at radius 3 is 2.90 bits per heavy atom. The minimum Gasteiger partial charge on any atom is -0.444 e. The third-order valence-corrected chi connectivity index (χ3v) is 2.45. The lowest BCUT2D eigenvalue weighted by Gasteiger charge is -2.18. The number of alkyl carbamates (subject to hydrolysis) is 1. The standard InChI is InChI=1S/C16H18N2O3/c1-11-18-13-10-12(7-8-14(13)20-11)6-5-9-17-15(19)21-16(2,3)4/h7-8,10H,9H2,1-4H3,(H,17,19). The summed E-state index contributed by atoms with van der Waals surface area (Å²) in [5.74, 6) is 6.46. The number of amides is 1. The van der Waals surface area contributed by atoms with Gasteiger partial charge in [0.1, 0.15) is 11.1 Å². The van der Waals surface area contributed by atoms with Crippen molar-refractivity contribution in [2.75, 3.05) is 6.54 Å². The molecule has 1 aromatic heterocycles. The summed E-state index contributed by atoms with van der Waals surface area (Å²) in [6, 6.07) is 5.54. The van der Waals surface area contributed by atoms with E-state index in [0.717, 1.165) is 16.7 Å². The van der Waals surface area contributed by atoms with Crippen molar-refractivity contribution in [3.63, 3.8) is 0 Å². The molecular formula is C16H18N2O3. The Morgan fingerprint density at radius 1 is 1.43 bits per heavy atom. The van der Waals surface area contributed by atoms with Gasteiger partial charge in [-0.2, -0.15) is 0 Å². The van der Waals surface area contributed by atoms with Crippen LogP contribution in [0, 0.1) is 18.8 Å². The summed E-state index contributed by atoms with van der Waals surface area (Å²) in [4.78, 5) is 15.7. The van der Waals surface area contributed by atoms with E-state index < -0.39 is 11.7 Å². The van der Waals surface area contributed by atoms with Gasteiger partial charge in [-0.1, -0.05) is 11.8 Å². The molecule has 1 aromatic carbocycles. The molecule has 1 N–H and O–H groups in total. The molecule has 1 heterocycles. The highest BCUT2D eigenvalue weighted by Crippen LogP contribution is 2.16. The van der Waals surface area contributed by atoms with Crippen LogP contribution in [0.25, 0.3) is 11.1 Å². The molecule has 0 aliphatic heterocycles. The largest absolute Gasteiger partial charge is 0.444 e. The number of hydrogen-bond donors (Lipinski definition) is 1. The van der Waals surface area contributed by atoms with E-state index in [4.69, 9.17) is 9.15 Å². The Hall–Kier alpha value is -2.48. The van der Waals surface area contributed by atoms with Gasteiger partial charge in [0.05, 0.1) is 6.54 Å². The number of carbonyl (C=O) groups is 1. The predicted octanol–water partition coefficient (Wildman–Crippen LogP) is 3.01. The Kier molecular flexibility index (Phi) is 4.18. The molecule has 2 rings (SSSR count). The van der Waals surface area contributed by atoms with Crippen molar-refractivity contribution < 1.29 is 13.9 Å². The van der Waals surface area contributed by atoms with Crippen LogP contribution in [0.15, 0.2) is 22.6 Å². The minimum atomic E-state index is -0.507. The molecule has 0 radical (unpaired) electrons. The zero-order valence-corrected chi connectivity index (χ0v) is 12.6. The number of fused-ring (bicyclic) bond motifs is 1. The summed E-state index contributed by atoms with van der Waals surface area (Å²) >= 11 is 0. The van der Waals surface area contributed by atoms with E-state index in [-0.39, 0.29) is 6.54 Å². The van der Waals surface area contributed by atoms with E-state index >= 15 is 0 Å². The Morgan fingerprint density at radius 2 is 2.19 bits per heavy atom. The summed E-state index contributed by atoms with van der Waals surface area (Å²) in [7, 11) is 0. The molecule has 0 aliphatic rings. The number of oxazole rings is 1. The first-order chi connectivity index (χ1) is 9.83. The molecule has 110 valence electrons. The van der Waals surface area contributed by atoms with Crippen molar-refractivity contribution in [2.24, 2.45) is 0 Å². The van der Waals surface area contributed by atoms with E-state index in [2.05, 4.69) is 22.1 Å². The third-order valence-electron chi connectivity index (χ3n) is 2.45. The first kappa shape index (κ1) is 14.9. The fourth-order valence-electron chi connectivity index (χ4n) is 1.70. The van der Waals surface area contributed by atoms with Crippen LogP contribution in [0.4, 0.5) is 4.79 Å². The monoisotopic (exact) mass is 286 g/mol. The lowest BCUT2D eigenvalue weighted by Crippen LogP contribution is -2.32. The van der Waals surface area contributed by atoms with Crippen LogP contribution < -0.4 is 5.32 Å². The number of aryl methyl sites for hydroxylation is 1. The van der Waals surface area contributed by atoms with Crippen LogP contribution in [0.1, 0.15) is 32.2 Å². The molecule has 0 fully saturated rings. The molecule has 1 amide bonds. The molecule has 0 unspecified atom stereocenters. The molecule has 0 saturated carbocycles. The minimum absolute atomic E-state index is 0.227. The SMILES string of the molecule is Cc1nc2cc(C#CCNC(=O)OC(C)(C)C)ccc2o1. The van der Waals surface area contributed by atoms with Gasteiger partial charge in [-0.05, 0) is 39.0 Å². The van der Waals surface area contributed by atoms with Crippen molar-refractivity contribution in [3.05, 3.63) is 29.7 Å². The van der Waals surface area contributed by atoms with E-state index in [1.54, 1.807) is 6.92 Å². The normalized spacial score (nSPS) is 10.9. The molecule has 5 nitrogen and oxygen atoms in total. The number of rotatable bonds is 1. The van der Waals surface area contributed by atoms with Crippen molar-refractivity contribution >= 4 is 17.2 Å². The highest BCUT2D eigenvalue weighted by Gasteiger charge is 2.14. The molecular weight excluding hydrogens is 268 g/mol. The Balaban J connectivity index is 1.93. The van der Waals surface area contributed by atoms with Crippen molar-refractivity contribution in [3.8, 4) is 11.8 Å². The van der Waals surface area contributed by atoms with E-state index in [0.29, 0.717) is 5.89 Å². The predicted molar refractivity (Wildman–Crippen MR) is 79.9 cm³/mol. The summed E-state index contributed by atoms with van der Waals surface area (Å²) in [5.41, 5.74) is 1.83. The average molecular weight is 286 g/mol. The number of aromatic nitrogens is 1. The van der Waals surface area contributed by atoms with Crippen LogP contribution >= 0.6 is 0 Å². The second-order valence-corrected chi connectivity index (χ2v) is 5.57. The summed E-state index contributed by atoms with van der Waals surface area (Å²) in [6.45, 7) is 7.47. The second-order valence-electron chi connectivity index (χ2n) is 5.57. The molecule has 2 aromatic rings. The van der Waals surface area contributed by atoms with E-state index in [1.807, 2.05) is 39.0 Å². The maximum atomic E-state index is 11.4. The Labute approximate surface area is 123 Å². The maximum Gasteiger partial charge on any atom is 0.408 e. The quantitative estimate of drug-likeness (QED) is 0.818. The fourth-order valence-corrected chi connectivity index (χ4v) is 1.70. The van der Waals surface area contributed by atoms with Crippen LogP contribution in [-0.4, -0.2) is 23.2 Å². The molecule has 5 heteroatoms. The Bertz CT molecular complexity index is 714. The van der Waals surface area contributed by atoms with Gasteiger partial charge in [0.25, 0.3) is 0 Å².